The summed E-state index contributed by atoms with van der Waals surface area (Å²) in [5, 5.41) is 12.1. The van der Waals surface area contributed by atoms with Gasteiger partial charge in [0.2, 0.25) is 0 Å². The van der Waals surface area contributed by atoms with Crippen LogP contribution in [0.2, 0.25) is 0 Å². The zero-order chi connectivity index (χ0) is 14.8. The minimum Gasteiger partial charge on any atom is -0.381 e. The summed E-state index contributed by atoms with van der Waals surface area (Å²) < 4.78 is 3.42. The third-order valence-corrected chi connectivity index (χ3v) is 3.71. The fourth-order valence-electron chi connectivity index (χ4n) is 2.34. The number of hydrogen-bond donors (Lipinski definition) is 1. The molecule has 0 radical (unpaired) electrons. The molecule has 21 heavy (non-hydrogen) atoms. The van der Waals surface area contributed by atoms with Gasteiger partial charge in [-0.25, -0.2) is 4.68 Å². The number of hydrogen-bond acceptors (Lipinski definition) is 4. The van der Waals surface area contributed by atoms with Gasteiger partial charge >= 0.3 is 0 Å². The second-order valence-corrected chi connectivity index (χ2v) is 5.46. The predicted molar refractivity (Wildman–Crippen MR) is 81.5 cm³/mol. The van der Waals surface area contributed by atoms with Crippen molar-refractivity contribution in [1.82, 2.24) is 19.6 Å². The first kappa shape index (κ1) is 13.9. The van der Waals surface area contributed by atoms with Crippen LogP contribution < -0.4 is 10.9 Å². The Bertz CT molecular complexity index is 684. The van der Waals surface area contributed by atoms with E-state index in [1.54, 1.807) is 12.3 Å². The third-order valence-electron chi connectivity index (χ3n) is 3.71. The first-order valence-corrected chi connectivity index (χ1v) is 7.59. The van der Waals surface area contributed by atoms with Crippen molar-refractivity contribution < 1.29 is 0 Å². The maximum absolute atomic E-state index is 12.2. The molecule has 0 bridgehead atoms. The van der Waals surface area contributed by atoms with E-state index in [0.717, 1.165) is 30.0 Å². The molecule has 3 rings (SSSR count). The fourth-order valence-corrected chi connectivity index (χ4v) is 2.34. The van der Waals surface area contributed by atoms with Crippen LogP contribution in [0.25, 0.3) is 0 Å². The second-order valence-electron chi connectivity index (χ2n) is 5.46. The van der Waals surface area contributed by atoms with Crippen molar-refractivity contribution in [1.29, 1.82) is 0 Å². The highest BCUT2D eigenvalue weighted by Gasteiger charge is 2.21. The van der Waals surface area contributed by atoms with Crippen LogP contribution in [0.3, 0.4) is 0 Å². The SMILES string of the molecule is CCc1cc(Cn2ncc(NC3CC3)cc2=O)n(CC)n1. The third kappa shape index (κ3) is 3.15. The maximum atomic E-state index is 12.2. The molecule has 1 saturated carbocycles. The smallest absolute Gasteiger partial charge is 0.269 e. The molecule has 6 heteroatoms. The van der Waals surface area contributed by atoms with Crippen molar-refractivity contribution in [3.05, 3.63) is 40.1 Å². The molecular formula is C15H21N5O. The summed E-state index contributed by atoms with van der Waals surface area (Å²) in [5.74, 6) is 0. The Labute approximate surface area is 123 Å². The lowest BCUT2D eigenvalue weighted by molar-refractivity contribution is 0.558. The molecule has 112 valence electrons. The Morgan fingerprint density at radius 3 is 2.71 bits per heavy atom. The highest BCUT2D eigenvalue weighted by molar-refractivity contribution is 5.41. The highest BCUT2D eigenvalue weighted by atomic mass is 16.1. The number of anilines is 1. The lowest BCUT2D eigenvalue weighted by Gasteiger charge is -2.08. The van der Waals surface area contributed by atoms with Crippen molar-refractivity contribution in [2.75, 3.05) is 5.32 Å². The molecule has 0 spiro atoms. The van der Waals surface area contributed by atoms with E-state index < -0.39 is 0 Å². The van der Waals surface area contributed by atoms with E-state index in [2.05, 4.69) is 29.4 Å². The molecule has 0 saturated heterocycles. The van der Waals surface area contributed by atoms with E-state index >= 15 is 0 Å². The van der Waals surface area contributed by atoms with E-state index in [4.69, 9.17) is 0 Å². The Morgan fingerprint density at radius 2 is 2.10 bits per heavy atom. The van der Waals surface area contributed by atoms with Gasteiger partial charge in [0.15, 0.2) is 0 Å². The molecule has 0 amide bonds. The van der Waals surface area contributed by atoms with Crippen LogP contribution in [-0.2, 0) is 19.5 Å². The van der Waals surface area contributed by atoms with Crippen LogP contribution >= 0.6 is 0 Å². The summed E-state index contributed by atoms with van der Waals surface area (Å²) in [7, 11) is 0. The van der Waals surface area contributed by atoms with Gasteiger partial charge in [0.25, 0.3) is 5.56 Å². The zero-order valence-electron chi connectivity index (χ0n) is 12.5. The summed E-state index contributed by atoms with van der Waals surface area (Å²) in [6.07, 6.45) is 4.98. The summed E-state index contributed by atoms with van der Waals surface area (Å²) in [4.78, 5) is 12.2. The topological polar surface area (TPSA) is 64.7 Å². The molecule has 0 unspecified atom stereocenters. The van der Waals surface area contributed by atoms with Crippen molar-refractivity contribution in [2.45, 2.75) is 52.2 Å². The number of rotatable bonds is 6. The number of nitrogens with zero attached hydrogens (tertiary/aromatic N) is 4. The van der Waals surface area contributed by atoms with Gasteiger partial charge in [-0.1, -0.05) is 6.92 Å². The molecule has 6 nitrogen and oxygen atoms in total. The van der Waals surface area contributed by atoms with Crippen LogP contribution in [0, 0.1) is 0 Å². The number of nitrogens with one attached hydrogen (secondary N) is 1. The fraction of sp³-hybridized carbons (Fsp3) is 0.533. The van der Waals surface area contributed by atoms with Crippen molar-refractivity contribution in [2.24, 2.45) is 0 Å². The average Bonchev–Trinajstić information content (AvgIpc) is 3.20. The predicted octanol–water partition coefficient (Wildman–Crippen LogP) is 1.64. The molecule has 1 N–H and O–H groups in total. The number of aryl methyl sites for hydroxylation is 2. The maximum Gasteiger partial charge on any atom is 0.269 e. The monoisotopic (exact) mass is 287 g/mol. The van der Waals surface area contributed by atoms with E-state index in [-0.39, 0.29) is 5.56 Å². The van der Waals surface area contributed by atoms with Crippen molar-refractivity contribution >= 4 is 5.69 Å². The Morgan fingerprint density at radius 1 is 1.29 bits per heavy atom. The highest BCUT2D eigenvalue weighted by Crippen LogP contribution is 2.23. The normalized spacial score (nSPS) is 14.4. The molecule has 2 aromatic rings. The van der Waals surface area contributed by atoms with Gasteiger partial charge in [-0.2, -0.15) is 10.2 Å². The summed E-state index contributed by atoms with van der Waals surface area (Å²) in [5.41, 5.74) is 2.80. The molecule has 0 atom stereocenters. The second kappa shape index (κ2) is 5.71. The van der Waals surface area contributed by atoms with Gasteiger partial charge in [-0.05, 0) is 32.3 Å². The summed E-state index contributed by atoms with van der Waals surface area (Å²) >= 11 is 0. The quantitative estimate of drug-likeness (QED) is 0.877. The minimum atomic E-state index is -0.0810. The van der Waals surface area contributed by atoms with Crippen molar-refractivity contribution in [3.8, 4) is 0 Å². The van der Waals surface area contributed by atoms with E-state index in [1.807, 2.05) is 10.7 Å². The van der Waals surface area contributed by atoms with Gasteiger partial charge in [0, 0.05) is 18.7 Å². The van der Waals surface area contributed by atoms with Gasteiger partial charge in [0.05, 0.1) is 29.8 Å². The van der Waals surface area contributed by atoms with Crippen LogP contribution in [0.4, 0.5) is 5.69 Å². The molecule has 1 aliphatic rings. The van der Waals surface area contributed by atoms with Crippen molar-refractivity contribution in [3.63, 3.8) is 0 Å². The Kier molecular flexibility index (Phi) is 3.77. The lowest BCUT2D eigenvalue weighted by Crippen LogP contribution is -2.24. The molecule has 2 heterocycles. The lowest BCUT2D eigenvalue weighted by atomic mass is 10.3. The average molecular weight is 287 g/mol. The van der Waals surface area contributed by atoms with Gasteiger partial charge < -0.3 is 5.32 Å². The zero-order valence-corrected chi connectivity index (χ0v) is 12.5. The molecule has 1 fully saturated rings. The van der Waals surface area contributed by atoms with Gasteiger partial charge in [-0.3, -0.25) is 9.48 Å². The van der Waals surface area contributed by atoms with Crippen LogP contribution in [0.1, 0.15) is 38.1 Å². The van der Waals surface area contributed by atoms with Gasteiger partial charge in [-0.15, -0.1) is 0 Å². The van der Waals surface area contributed by atoms with E-state index in [1.165, 1.54) is 17.5 Å². The van der Waals surface area contributed by atoms with Crippen LogP contribution in [0.15, 0.2) is 23.1 Å². The largest absolute Gasteiger partial charge is 0.381 e. The van der Waals surface area contributed by atoms with E-state index in [0.29, 0.717) is 12.6 Å². The van der Waals surface area contributed by atoms with Crippen LogP contribution in [0.5, 0.6) is 0 Å². The first-order chi connectivity index (χ1) is 10.2. The first-order valence-electron chi connectivity index (χ1n) is 7.59. The molecule has 0 aliphatic heterocycles. The van der Waals surface area contributed by atoms with E-state index in [9.17, 15) is 4.79 Å². The summed E-state index contributed by atoms with van der Waals surface area (Å²) in [6.45, 7) is 5.39. The Hall–Kier alpha value is -2.11. The minimum absolute atomic E-state index is 0.0810. The Balaban J connectivity index is 1.80. The standard InChI is InChI=1S/C15H21N5O/c1-3-11-7-14(19(4-2)18-11)10-20-15(21)8-13(9-16-20)17-12-5-6-12/h7-9,12,17H,3-6,10H2,1-2H3. The number of aromatic nitrogens is 4. The summed E-state index contributed by atoms with van der Waals surface area (Å²) in [6, 6.07) is 4.20. The molecule has 2 aromatic heterocycles. The molecular weight excluding hydrogens is 266 g/mol. The molecule has 0 aromatic carbocycles. The van der Waals surface area contributed by atoms with Crippen LogP contribution in [-0.4, -0.2) is 25.6 Å². The molecule has 1 aliphatic carbocycles. The van der Waals surface area contributed by atoms with Gasteiger partial charge in [0.1, 0.15) is 0 Å².